The van der Waals surface area contributed by atoms with Crippen LogP contribution in [-0.2, 0) is 7.05 Å². The molecule has 0 unspecified atom stereocenters. The third-order valence-corrected chi connectivity index (χ3v) is 1.24. The van der Waals surface area contributed by atoms with Crippen molar-refractivity contribution in [3.8, 4) is 0 Å². The first-order chi connectivity index (χ1) is 3.70. The molecule has 0 aromatic carbocycles. The van der Waals surface area contributed by atoms with Crippen LogP contribution >= 0.6 is 0 Å². The molecule has 0 spiro atoms. The quantitative estimate of drug-likeness (QED) is 0.321. The number of aromatic nitrogens is 2. The van der Waals surface area contributed by atoms with Gasteiger partial charge in [0.05, 0.1) is 0 Å². The fourth-order valence-electron chi connectivity index (χ4n) is 0.740. The molecule has 40 valence electrons. The molecule has 0 atom stereocenters. The van der Waals surface area contributed by atoms with Gasteiger partial charge in [-0.15, -0.1) is 0 Å². The molecule has 0 bridgehead atoms. The Hall–Kier alpha value is -0.660. The van der Waals surface area contributed by atoms with E-state index in [1.165, 1.54) is 5.59 Å². The smallest absolute Gasteiger partial charge is 0.166 e. The van der Waals surface area contributed by atoms with Gasteiger partial charge >= 0.3 is 0 Å². The number of hydrogen-bond donors (Lipinski definition) is 0. The maximum absolute atomic E-state index is 4.13. The molecule has 1 heterocycles. The molecular weight excluding hydrogens is 97.7 g/mol. The fraction of sp³-hybridized carbons (Fsp3) is 0.250. The maximum atomic E-state index is 4.13. The molecule has 4 heteroatoms. The maximum Gasteiger partial charge on any atom is 0.166 e. The van der Waals surface area contributed by atoms with Crippen LogP contribution in [0.4, 0.5) is 0 Å². The Labute approximate surface area is 50.7 Å². The highest BCUT2D eigenvalue weighted by Gasteiger charge is 1.91. The zero-order valence-corrected chi connectivity index (χ0v) is 5.47. The highest BCUT2D eigenvalue weighted by Crippen LogP contribution is 1.65. The van der Waals surface area contributed by atoms with E-state index in [0.29, 0.717) is 0 Å². The minimum absolute atomic E-state index is 1.09. The van der Waals surface area contributed by atoms with E-state index in [1.54, 1.807) is 0 Å². The van der Waals surface area contributed by atoms with Gasteiger partial charge in [0.2, 0.25) is 0 Å². The zero-order chi connectivity index (χ0) is 6.15. The number of nitrogens with zero attached hydrogens (tertiary/aromatic N) is 2. The Kier molecular flexibility index (Phi) is 1.16. The number of aryl methyl sites for hydroxylation is 1. The molecule has 0 saturated heterocycles. The van der Waals surface area contributed by atoms with Gasteiger partial charge in [-0.1, -0.05) is 0 Å². The van der Waals surface area contributed by atoms with Gasteiger partial charge in [-0.25, -0.2) is 0 Å². The first kappa shape index (κ1) is 5.48. The summed E-state index contributed by atoms with van der Waals surface area (Å²) in [6, 6.07) is 2.06. The van der Waals surface area contributed by atoms with Crippen LogP contribution in [0.15, 0.2) is 6.07 Å². The van der Waals surface area contributed by atoms with Crippen molar-refractivity contribution in [1.29, 1.82) is 0 Å². The van der Waals surface area contributed by atoms with Crippen LogP contribution in [0, 0.1) is 0 Å². The molecule has 1 rings (SSSR count). The van der Waals surface area contributed by atoms with Gasteiger partial charge in [0.15, 0.2) is 15.7 Å². The predicted molar refractivity (Wildman–Crippen MR) is 39.6 cm³/mol. The Morgan fingerprint density at radius 1 is 1.62 bits per heavy atom. The summed E-state index contributed by atoms with van der Waals surface area (Å²) in [4.78, 5) is 0. The van der Waals surface area contributed by atoms with Gasteiger partial charge in [0, 0.05) is 12.6 Å². The third-order valence-electron chi connectivity index (χ3n) is 1.24. The summed E-state index contributed by atoms with van der Waals surface area (Å²) in [5.41, 5.74) is 2.30. The van der Waals surface area contributed by atoms with Crippen molar-refractivity contribution in [2.75, 3.05) is 0 Å². The van der Waals surface area contributed by atoms with Gasteiger partial charge < -0.3 is 0 Å². The van der Waals surface area contributed by atoms with Gasteiger partial charge in [-0.3, -0.25) is 4.68 Å². The van der Waals surface area contributed by atoms with E-state index in [0.717, 1.165) is 5.59 Å². The van der Waals surface area contributed by atoms with Crippen molar-refractivity contribution in [3.63, 3.8) is 0 Å². The van der Waals surface area contributed by atoms with Crippen molar-refractivity contribution in [2.24, 2.45) is 7.05 Å². The standard InChI is InChI=1S/C4H8B2N2/c1-8-4(6)2-3(5)7-8/h2H,5-6H2,1H3. The predicted octanol–water partition coefficient (Wildman–Crippen LogP) is -3.06. The summed E-state index contributed by atoms with van der Waals surface area (Å²) in [6.07, 6.45) is 0. The Bertz CT molecular complexity index is 174. The largest absolute Gasteiger partial charge is 0.283 e. The Morgan fingerprint density at radius 2 is 2.25 bits per heavy atom. The minimum atomic E-state index is 1.09. The van der Waals surface area contributed by atoms with Gasteiger partial charge in [-0.2, -0.15) is 5.10 Å². The lowest BCUT2D eigenvalue weighted by Crippen LogP contribution is -2.13. The van der Waals surface area contributed by atoms with Gasteiger partial charge in [0.1, 0.15) is 0 Å². The number of hydrogen-bond acceptors (Lipinski definition) is 1. The summed E-state index contributed by atoms with van der Waals surface area (Å²) in [7, 11) is 5.98. The van der Waals surface area contributed by atoms with Crippen molar-refractivity contribution in [1.82, 2.24) is 9.78 Å². The Balaban J connectivity index is 3.14. The molecule has 0 fully saturated rings. The highest BCUT2D eigenvalue weighted by molar-refractivity contribution is 6.36. The van der Waals surface area contributed by atoms with Crippen LogP contribution in [0.5, 0.6) is 0 Å². The SMILES string of the molecule is Bc1cc(B)n(C)n1. The summed E-state index contributed by atoms with van der Waals surface area (Å²) in [5, 5.41) is 4.13. The summed E-state index contributed by atoms with van der Waals surface area (Å²) in [6.45, 7) is 0. The molecule has 1 aromatic rings. The molecule has 8 heavy (non-hydrogen) atoms. The molecule has 0 aliphatic heterocycles. The second kappa shape index (κ2) is 1.69. The molecule has 0 aliphatic carbocycles. The second-order valence-corrected chi connectivity index (χ2v) is 2.05. The average molecular weight is 106 g/mol. The van der Waals surface area contributed by atoms with Gasteiger partial charge in [-0.05, 0) is 11.7 Å². The summed E-state index contributed by atoms with van der Waals surface area (Å²) in [5.74, 6) is 0. The molecule has 2 nitrogen and oxygen atoms in total. The topological polar surface area (TPSA) is 17.8 Å². The third kappa shape index (κ3) is 0.782. The van der Waals surface area contributed by atoms with E-state index < -0.39 is 0 Å². The molecule has 0 amide bonds. The van der Waals surface area contributed by atoms with Crippen LogP contribution in [-0.4, -0.2) is 25.5 Å². The number of rotatable bonds is 0. The summed E-state index contributed by atoms with van der Waals surface area (Å²) >= 11 is 0. The van der Waals surface area contributed by atoms with E-state index in [-0.39, 0.29) is 0 Å². The van der Waals surface area contributed by atoms with Crippen molar-refractivity contribution in [3.05, 3.63) is 6.07 Å². The van der Waals surface area contributed by atoms with Crippen molar-refractivity contribution >= 4 is 26.9 Å². The average Bonchev–Trinajstić information content (AvgIpc) is 1.85. The first-order valence-electron chi connectivity index (χ1n) is 2.67. The van der Waals surface area contributed by atoms with Crippen LogP contribution in [0.1, 0.15) is 0 Å². The lowest BCUT2D eigenvalue weighted by atomic mass is 9.99. The van der Waals surface area contributed by atoms with E-state index in [1.807, 2.05) is 27.4 Å². The lowest BCUT2D eigenvalue weighted by molar-refractivity contribution is 0.799. The second-order valence-electron chi connectivity index (χ2n) is 2.05. The van der Waals surface area contributed by atoms with Crippen molar-refractivity contribution in [2.45, 2.75) is 0 Å². The van der Waals surface area contributed by atoms with Crippen LogP contribution in [0.3, 0.4) is 0 Å². The fourth-order valence-corrected chi connectivity index (χ4v) is 0.740. The van der Waals surface area contributed by atoms with E-state index in [2.05, 4.69) is 11.2 Å². The Morgan fingerprint density at radius 3 is 2.38 bits per heavy atom. The molecule has 0 saturated carbocycles. The van der Waals surface area contributed by atoms with Crippen molar-refractivity contribution < 1.29 is 0 Å². The molecule has 0 aliphatic rings. The molecule has 0 radical (unpaired) electrons. The lowest BCUT2D eigenvalue weighted by Gasteiger charge is -1.88. The van der Waals surface area contributed by atoms with Crippen LogP contribution in [0.2, 0.25) is 0 Å². The first-order valence-corrected chi connectivity index (χ1v) is 2.67. The zero-order valence-electron chi connectivity index (χ0n) is 5.47. The van der Waals surface area contributed by atoms with E-state index in [4.69, 9.17) is 0 Å². The summed E-state index contributed by atoms with van der Waals surface area (Å²) < 4.78 is 1.87. The van der Waals surface area contributed by atoms with Crippen LogP contribution < -0.4 is 11.2 Å². The van der Waals surface area contributed by atoms with E-state index in [9.17, 15) is 0 Å². The highest BCUT2D eigenvalue weighted by atomic mass is 15.3. The monoisotopic (exact) mass is 106 g/mol. The molecule has 0 N–H and O–H groups in total. The van der Waals surface area contributed by atoms with Gasteiger partial charge in [0.25, 0.3) is 0 Å². The molecular formula is C4H8B2N2. The van der Waals surface area contributed by atoms with Crippen LogP contribution in [0.25, 0.3) is 0 Å². The molecule has 1 aromatic heterocycles. The normalized spacial score (nSPS) is 9.62. The minimum Gasteiger partial charge on any atom is -0.283 e. The van der Waals surface area contributed by atoms with E-state index >= 15 is 0 Å².